The van der Waals surface area contributed by atoms with Crippen LogP contribution in [-0.4, -0.2) is 17.9 Å². The fourth-order valence-corrected chi connectivity index (χ4v) is 3.32. The molecule has 0 radical (unpaired) electrons. The van der Waals surface area contributed by atoms with Crippen molar-refractivity contribution in [1.29, 1.82) is 0 Å². The van der Waals surface area contributed by atoms with Gasteiger partial charge in [0.2, 0.25) is 0 Å². The maximum atomic E-state index is 12.3. The third-order valence-electron chi connectivity index (χ3n) is 5.46. The first kappa shape index (κ1) is 14.8. The van der Waals surface area contributed by atoms with Gasteiger partial charge in [0.05, 0.1) is 12.3 Å². The van der Waals surface area contributed by atoms with E-state index in [0.29, 0.717) is 12.0 Å². The molecule has 0 spiro atoms. The zero-order valence-electron chi connectivity index (χ0n) is 12.9. The van der Waals surface area contributed by atoms with Gasteiger partial charge in [-0.15, -0.1) is 12.3 Å². The highest BCUT2D eigenvalue weighted by atomic mass is 16.5. The minimum absolute atomic E-state index is 0.00701. The molecule has 1 fully saturated rings. The number of ketones is 1. The third-order valence-corrected chi connectivity index (χ3v) is 5.46. The van der Waals surface area contributed by atoms with Gasteiger partial charge in [-0.2, -0.15) is 0 Å². The second kappa shape index (κ2) is 4.48. The summed E-state index contributed by atoms with van der Waals surface area (Å²) >= 11 is 0. The van der Waals surface area contributed by atoms with Gasteiger partial charge in [-0.3, -0.25) is 9.59 Å². The summed E-state index contributed by atoms with van der Waals surface area (Å²) in [7, 11) is 0. The Hall–Kier alpha value is -1.56. The van der Waals surface area contributed by atoms with Crippen LogP contribution in [0.15, 0.2) is 11.1 Å². The van der Waals surface area contributed by atoms with E-state index < -0.39 is 6.10 Å². The minimum Gasteiger partial charge on any atom is -0.457 e. The van der Waals surface area contributed by atoms with Gasteiger partial charge >= 0.3 is 5.97 Å². The van der Waals surface area contributed by atoms with Crippen molar-refractivity contribution in [1.82, 2.24) is 0 Å². The molecule has 0 saturated heterocycles. The van der Waals surface area contributed by atoms with E-state index in [9.17, 15) is 9.59 Å². The Labute approximate surface area is 120 Å². The molecule has 1 atom stereocenters. The Balaban J connectivity index is 2.08. The molecule has 2 aliphatic rings. The first-order valence-electron chi connectivity index (χ1n) is 7.01. The molecule has 0 aromatic heterocycles. The highest BCUT2D eigenvalue weighted by molar-refractivity contribution is 6.00. The molecule has 0 aromatic carbocycles. The molecule has 20 heavy (non-hydrogen) atoms. The average molecular weight is 274 g/mol. The van der Waals surface area contributed by atoms with E-state index in [1.165, 1.54) is 0 Å². The van der Waals surface area contributed by atoms with Gasteiger partial charge in [-0.05, 0) is 23.3 Å². The van der Waals surface area contributed by atoms with Crippen LogP contribution in [0.1, 0.15) is 47.5 Å². The molecule has 0 bridgehead atoms. The molecule has 1 saturated carbocycles. The van der Waals surface area contributed by atoms with Crippen LogP contribution in [0.4, 0.5) is 0 Å². The van der Waals surface area contributed by atoms with E-state index in [0.717, 1.165) is 5.57 Å². The van der Waals surface area contributed by atoms with Crippen LogP contribution in [0.5, 0.6) is 0 Å². The highest BCUT2D eigenvalue weighted by Gasteiger charge is 2.69. The van der Waals surface area contributed by atoms with Crippen molar-refractivity contribution in [2.24, 2.45) is 16.7 Å². The predicted molar refractivity (Wildman–Crippen MR) is 76.7 cm³/mol. The molecule has 2 rings (SSSR count). The summed E-state index contributed by atoms with van der Waals surface area (Å²) < 4.78 is 5.58. The number of rotatable bonds is 3. The van der Waals surface area contributed by atoms with Crippen LogP contribution < -0.4 is 0 Å². The van der Waals surface area contributed by atoms with Crippen LogP contribution in [0, 0.1) is 29.1 Å². The summed E-state index contributed by atoms with van der Waals surface area (Å²) in [6.45, 7) is 10.1. The predicted octanol–water partition coefficient (Wildman–Crippen LogP) is 2.89. The lowest BCUT2D eigenvalue weighted by Crippen LogP contribution is -2.21. The lowest BCUT2D eigenvalue weighted by atomic mass is 10.0. The van der Waals surface area contributed by atoms with Crippen molar-refractivity contribution < 1.29 is 14.3 Å². The molecule has 1 unspecified atom stereocenters. The molecule has 0 N–H and O–H groups in total. The van der Waals surface area contributed by atoms with Gasteiger partial charge in [0.25, 0.3) is 0 Å². The monoisotopic (exact) mass is 274 g/mol. The number of Topliss-reactive ketones (excluding diaryl/α,β-unsaturated/α-hetero) is 1. The first-order chi connectivity index (χ1) is 9.14. The van der Waals surface area contributed by atoms with Crippen molar-refractivity contribution in [3.63, 3.8) is 0 Å². The van der Waals surface area contributed by atoms with Crippen molar-refractivity contribution in [2.45, 2.75) is 53.6 Å². The van der Waals surface area contributed by atoms with Gasteiger partial charge in [-0.1, -0.05) is 27.7 Å². The van der Waals surface area contributed by atoms with Crippen molar-refractivity contribution in [3.8, 4) is 12.3 Å². The topological polar surface area (TPSA) is 43.4 Å². The summed E-state index contributed by atoms with van der Waals surface area (Å²) in [5, 5.41) is 0. The number of ether oxygens (including phenoxy) is 1. The zero-order chi connectivity index (χ0) is 15.3. The highest BCUT2D eigenvalue weighted by Crippen LogP contribution is 2.68. The fourth-order valence-electron chi connectivity index (χ4n) is 3.32. The van der Waals surface area contributed by atoms with Crippen LogP contribution in [0.2, 0.25) is 0 Å². The second-order valence-electron chi connectivity index (χ2n) is 6.97. The number of carbonyl (C=O) groups is 2. The SMILES string of the molecule is C#CCC1=C(C)C(OC(=O)C2C(C)(C)C2(C)C)CC1=O. The summed E-state index contributed by atoms with van der Waals surface area (Å²) in [4.78, 5) is 24.2. The Morgan fingerprint density at radius 1 is 1.35 bits per heavy atom. The standard InChI is InChI=1S/C17H22O3/c1-7-8-11-10(2)13(9-12(11)18)20-15(19)14-16(3,4)17(14,5)6/h1,13-14H,8-9H2,2-6H3. The van der Waals surface area contributed by atoms with E-state index in [1.807, 2.05) is 6.92 Å². The quantitative estimate of drug-likeness (QED) is 0.587. The Kier molecular flexibility index (Phi) is 3.32. The van der Waals surface area contributed by atoms with E-state index in [4.69, 9.17) is 11.2 Å². The Morgan fingerprint density at radius 3 is 2.35 bits per heavy atom. The van der Waals surface area contributed by atoms with Crippen LogP contribution in [0.25, 0.3) is 0 Å². The molecule has 3 heteroatoms. The maximum Gasteiger partial charge on any atom is 0.310 e. The second-order valence-corrected chi connectivity index (χ2v) is 6.97. The number of esters is 1. The molecule has 108 valence electrons. The van der Waals surface area contributed by atoms with Gasteiger partial charge in [0.15, 0.2) is 5.78 Å². The van der Waals surface area contributed by atoms with Crippen molar-refractivity contribution in [3.05, 3.63) is 11.1 Å². The van der Waals surface area contributed by atoms with Gasteiger partial charge in [-0.25, -0.2) is 0 Å². The smallest absolute Gasteiger partial charge is 0.310 e. The summed E-state index contributed by atoms with van der Waals surface area (Å²) in [6.07, 6.45) is 5.40. The lowest BCUT2D eigenvalue weighted by molar-refractivity contribution is -0.150. The number of terminal acetylenes is 1. The molecule has 3 nitrogen and oxygen atoms in total. The van der Waals surface area contributed by atoms with E-state index in [1.54, 1.807) is 0 Å². The normalized spacial score (nSPS) is 27.4. The maximum absolute atomic E-state index is 12.3. The van der Waals surface area contributed by atoms with Gasteiger partial charge in [0.1, 0.15) is 6.10 Å². The van der Waals surface area contributed by atoms with E-state index >= 15 is 0 Å². The zero-order valence-corrected chi connectivity index (χ0v) is 12.9. The van der Waals surface area contributed by atoms with Crippen molar-refractivity contribution >= 4 is 11.8 Å². The van der Waals surface area contributed by atoms with Crippen LogP contribution in [0.3, 0.4) is 0 Å². The third kappa shape index (κ3) is 1.98. The van der Waals surface area contributed by atoms with E-state index in [2.05, 4.69) is 33.6 Å². The number of carbonyl (C=O) groups excluding carboxylic acids is 2. The van der Waals surface area contributed by atoms with E-state index in [-0.39, 0.29) is 34.9 Å². The average Bonchev–Trinajstić information content (AvgIpc) is 2.58. The first-order valence-corrected chi connectivity index (χ1v) is 7.01. The lowest BCUT2D eigenvalue weighted by Gasteiger charge is -2.14. The number of hydrogen-bond donors (Lipinski definition) is 0. The molecular formula is C17H22O3. The number of allylic oxidation sites excluding steroid dienone is 1. The fraction of sp³-hybridized carbons (Fsp3) is 0.647. The molecule has 0 aromatic rings. The summed E-state index contributed by atoms with van der Waals surface area (Å²) in [5.74, 6) is 2.20. The Bertz CT molecular complexity index is 529. The van der Waals surface area contributed by atoms with Gasteiger partial charge < -0.3 is 4.74 Å². The molecule has 2 aliphatic carbocycles. The van der Waals surface area contributed by atoms with Crippen LogP contribution in [-0.2, 0) is 14.3 Å². The molecule has 0 aliphatic heterocycles. The van der Waals surface area contributed by atoms with Crippen LogP contribution >= 0.6 is 0 Å². The van der Waals surface area contributed by atoms with Crippen molar-refractivity contribution in [2.75, 3.05) is 0 Å². The molecule has 0 heterocycles. The minimum atomic E-state index is -0.425. The number of hydrogen-bond acceptors (Lipinski definition) is 3. The molecular weight excluding hydrogens is 252 g/mol. The summed E-state index contributed by atoms with van der Waals surface area (Å²) in [6, 6.07) is 0. The van der Waals surface area contributed by atoms with Gasteiger partial charge in [0, 0.05) is 12.0 Å². The molecule has 0 amide bonds. The Morgan fingerprint density at radius 2 is 1.90 bits per heavy atom. The summed E-state index contributed by atoms with van der Waals surface area (Å²) in [5.41, 5.74) is 1.36. The largest absolute Gasteiger partial charge is 0.457 e.